The minimum Gasteiger partial charge on any atom is -0.388 e. The first kappa shape index (κ1) is 8.70. The number of fused-ring (bicyclic) bond motifs is 1. The third-order valence-electron chi connectivity index (χ3n) is 4.72. The highest BCUT2D eigenvalue weighted by atomic mass is 16.3. The summed E-state index contributed by atoms with van der Waals surface area (Å²) in [5, 5.41) is 23.1. The molecule has 4 fully saturated rings. The van der Waals surface area contributed by atoms with Gasteiger partial charge in [-0.15, -0.1) is 0 Å². The highest BCUT2D eigenvalue weighted by Crippen LogP contribution is 2.61. The van der Waals surface area contributed by atoms with Crippen molar-refractivity contribution in [2.45, 2.75) is 37.8 Å². The molecule has 76 valence electrons. The SMILES string of the molecule is CC(O)(C1C2CNC1C2)C1(C#N)CC1. The van der Waals surface area contributed by atoms with E-state index in [1.165, 1.54) is 6.42 Å². The van der Waals surface area contributed by atoms with Gasteiger partial charge in [0.05, 0.1) is 17.1 Å². The summed E-state index contributed by atoms with van der Waals surface area (Å²) in [5.41, 5.74) is -1.18. The maximum absolute atomic E-state index is 10.5. The third-order valence-corrected chi connectivity index (χ3v) is 4.72. The Balaban J connectivity index is 1.87. The van der Waals surface area contributed by atoms with Gasteiger partial charge in [-0.25, -0.2) is 0 Å². The Morgan fingerprint density at radius 2 is 2.29 bits per heavy atom. The van der Waals surface area contributed by atoms with E-state index in [4.69, 9.17) is 5.26 Å². The summed E-state index contributed by atoms with van der Waals surface area (Å²) >= 11 is 0. The maximum Gasteiger partial charge on any atom is 0.0862 e. The summed E-state index contributed by atoms with van der Waals surface area (Å²) in [6, 6.07) is 2.81. The van der Waals surface area contributed by atoms with Gasteiger partial charge in [0.15, 0.2) is 0 Å². The van der Waals surface area contributed by atoms with Crippen molar-refractivity contribution in [1.82, 2.24) is 5.32 Å². The molecule has 4 rings (SSSR count). The molecule has 0 amide bonds. The van der Waals surface area contributed by atoms with Crippen LogP contribution >= 0.6 is 0 Å². The Hall–Kier alpha value is -0.590. The van der Waals surface area contributed by atoms with Crippen LogP contribution in [0.1, 0.15) is 26.2 Å². The standard InChI is InChI=1S/C11H16N2O/c1-10(14,11(6-12)2-3-11)9-7-4-8(9)13-5-7/h7-9,13-14H,2-5H2,1H3. The van der Waals surface area contributed by atoms with Gasteiger partial charge in [-0.1, -0.05) is 0 Å². The average molecular weight is 192 g/mol. The van der Waals surface area contributed by atoms with Crippen molar-refractivity contribution in [3.63, 3.8) is 0 Å². The molecule has 3 nitrogen and oxygen atoms in total. The zero-order valence-corrected chi connectivity index (χ0v) is 8.45. The molecule has 0 aromatic carbocycles. The van der Waals surface area contributed by atoms with Gasteiger partial charge in [0.1, 0.15) is 0 Å². The molecule has 2 saturated heterocycles. The zero-order chi connectivity index (χ0) is 9.97. The second-order valence-electron chi connectivity index (χ2n) is 5.38. The molecule has 4 atom stereocenters. The molecule has 2 bridgehead atoms. The van der Waals surface area contributed by atoms with Gasteiger partial charge in [-0.3, -0.25) is 0 Å². The van der Waals surface area contributed by atoms with Gasteiger partial charge in [0.2, 0.25) is 0 Å². The number of hydrogen-bond donors (Lipinski definition) is 2. The van der Waals surface area contributed by atoms with E-state index in [0.29, 0.717) is 17.9 Å². The highest BCUT2D eigenvalue weighted by molar-refractivity contribution is 5.25. The Labute approximate surface area is 84.1 Å². The van der Waals surface area contributed by atoms with Crippen molar-refractivity contribution in [3.8, 4) is 6.07 Å². The smallest absolute Gasteiger partial charge is 0.0862 e. The molecule has 2 heterocycles. The van der Waals surface area contributed by atoms with E-state index < -0.39 is 11.0 Å². The quantitative estimate of drug-likeness (QED) is 0.675. The molecule has 0 spiro atoms. The van der Waals surface area contributed by atoms with E-state index in [2.05, 4.69) is 11.4 Å². The minimum atomic E-state index is -0.765. The second kappa shape index (κ2) is 2.32. The molecule has 0 aromatic rings. The summed E-state index contributed by atoms with van der Waals surface area (Å²) < 4.78 is 0. The van der Waals surface area contributed by atoms with Crippen molar-refractivity contribution in [2.75, 3.05) is 6.54 Å². The zero-order valence-electron chi connectivity index (χ0n) is 8.45. The molecular formula is C11H16N2O. The number of hydrogen-bond acceptors (Lipinski definition) is 3. The molecule has 2 N–H and O–H groups in total. The lowest BCUT2D eigenvalue weighted by Crippen LogP contribution is -2.56. The van der Waals surface area contributed by atoms with Gasteiger partial charge >= 0.3 is 0 Å². The van der Waals surface area contributed by atoms with Crippen molar-refractivity contribution in [3.05, 3.63) is 0 Å². The molecule has 14 heavy (non-hydrogen) atoms. The Kier molecular flexibility index (Phi) is 1.44. The fraction of sp³-hybridized carbons (Fsp3) is 0.909. The molecule has 0 radical (unpaired) electrons. The summed E-state index contributed by atoms with van der Waals surface area (Å²) in [6.45, 7) is 2.91. The first-order chi connectivity index (χ1) is 6.61. The lowest BCUT2D eigenvalue weighted by Gasteiger charge is -2.47. The predicted octanol–water partition coefficient (Wildman–Crippen LogP) is 0.649. The third kappa shape index (κ3) is 0.796. The van der Waals surface area contributed by atoms with E-state index >= 15 is 0 Å². The molecular weight excluding hydrogens is 176 g/mol. The van der Waals surface area contributed by atoms with E-state index in [1.54, 1.807) is 0 Å². The van der Waals surface area contributed by atoms with Gasteiger partial charge in [-0.2, -0.15) is 5.26 Å². The summed E-state index contributed by atoms with van der Waals surface area (Å²) in [7, 11) is 0. The van der Waals surface area contributed by atoms with E-state index in [9.17, 15) is 5.11 Å². The van der Waals surface area contributed by atoms with Crippen LogP contribution in [-0.2, 0) is 0 Å². The number of aliphatic hydroxyl groups is 1. The fourth-order valence-electron chi connectivity index (χ4n) is 3.50. The van der Waals surface area contributed by atoms with E-state index in [1.807, 2.05) is 6.92 Å². The van der Waals surface area contributed by atoms with Crippen molar-refractivity contribution in [2.24, 2.45) is 17.3 Å². The van der Waals surface area contributed by atoms with Crippen LogP contribution in [0.15, 0.2) is 0 Å². The number of nitrogens with one attached hydrogen (secondary N) is 1. The largest absolute Gasteiger partial charge is 0.388 e. The molecule has 0 aromatic heterocycles. The van der Waals surface area contributed by atoms with E-state index in [-0.39, 0.29) is 0 Å². The van der Waals surface area contributed by atoms with Crippen LogP contribution in [0.4, 0.5) is 0 Å². The molecule has 2 saturated carbocycles. The fourth-order valence-corrected chi connectivity index (χ4v) is 3.50. The van der Waals surface area contributed by atoms with Crippen LogP contribution in [0.3, 0.4) is 0 Å². The van der Waals surface area contributed by atoms with Crippen molar-refractivity contribution >= 4 is 0 Å². The molecule has 4 unspecified atom stereocenters. The normalized spacial score (nSPS) is 46.2. The summed E-state index contributed by atoms with van der Waals surface area (Å²) in [5.74, 6) is 0.936. The summed E-state index contributed by atoms with van der Waals surface area (Å²) in [4.78, 5) is 0. The molecule has 3 heteroatoms. The highest BCUT2D eigenvalue weighted by Gasteiger charge is 2.66. The molecule has 2 aliphatic heterocycles. The van der Waals surface area contributed by atoms with Crippen LogP contribution in [0.2, 0.25) is 0 Å². The predicted molar refractivity (Wildman–Crippen MR) is 51.3 cm³/mol. The van der Waals surface area contributed by atoms with E-state index in [0.717, 1.165) is 19.4 Å². The molecule has 2 aliphatic carbocycles. The van der Waals surface area contributed by atoms with Gasteiger partial charge in [0.25, 0.3) is 0 Å². The number of rotatable bonds is 2. The number of nitriles is 1. The first-order valence-corrected chi connectivity index (χ1v) is 5.48. The van der Waals surface area contributed by atoms with Crippen molar-refractivity contribution in [1.29, 1.82) is 5.26 Å². The van der Waals surface area contributed by atoms with Gasteiger partial charge < -0.3 is 10.4 Å². The lowest BCUT2D eigenvalue weighted by molar-refractivity contribution is -0.0953. The van der Waals surface area contributed by atoms with Gasteiger partial charge in [-0.05, 0) is 38.6 Å². The topological polar surface area (TPSA) is 56.0 Å². The average Bonchev–Trinajstić information content (AvgIpc) is 2.59. The van der Waals surface area contributed by atoms with Crippen LogP contribution in [-0.4, -0.2) is 23.3 Å². The first-order valence-electron chi connectivity index (χ1n) is 5.48. The Morgan fingerprint density at radius 3 is 2.64 bits per heavy atom. The van der Waals surface area contributed by atoms with Crippen LogP contribution < -0.4 is 5.32 Å². The van der Waals surface area contributed by atoms with Crippen molar-refractivity contribution < 1.29 is 5.11 Å². The minimum absolute atomic E-state index is 0.324. The van der Waals surface area contributed by atoms with Crippen LogP contribution in [0, 0.1) is 28.6 Å². The van der Waals surface area contributed by atoms with Crippen LogP contribution in [0.25, 0.3) is 0 Å². The monoisotopic (exact) mass is 192 g/mol. The lowest BCUT2D eigenvalue weighted by atomic mass is 9.60. The van der Waals surface area contributed by atoms with Gasteiger partial charge in [0, 0.05) is 12.0 Å². The summed E-state index contributed by atoms with van der Waals surface area (Å²) in [6.07, 6.45) is 2.96. The molecule has 4 aliphatic rings. The number of nitrogens with zero attached hydrogens (tertiary/aromatic N) is 1. The van der Waals surface area contributed by atoms with Crippen LogP contribution in [0.5, 0.6) is 0 Å². The second-order valence-corrected chi connectivity index (χ2v) is 5.38. The Bertz CT molecular complexity index is 300. The maximum atomic E-state index is 10.5. The Morgan fingerprint density at radius 1 is 1.57 bits per heavy atom.